The summed E-state index contributed by atoms with van der Waals surface area (Å²) in [6.07, 6.45) is 8.82. The summed E-state index contributed by atoms with van der Waals surface area (Å²) in [5.41, 5.74) is 19.9. The Kier molecular flexibility index (Phi) is 15.0. The van der Waals surface area contributed by atoms with E-state index in [4.69, 9.17) is 26.0 Å². The van der Waals surface area contributed by atoms with Gasteiger partial charge in [0.25, 0.3) is 18.2 Å². The van der Waals surface area contributed by atoms with Crippen LogP contribution in [0.15, 0.2) is 42.7 Å². The number of benzene rings is 2. The predicted molar refractivity (Wildman–Crippen MR) is 279 cm³/mol. The van der Waals surface area contributed by atoms with E-state index in [9.17, 15) is 24.0 Å². The predicted octanol–water partition coefficient (Wildman–Crippen LogP) is 6.71. The Bertz CT molecular complexity index is 2880. The number of nitrogen functional groups attached to an aromatic ring is 1. The smallest absolute Gasteiger partial charge is 0.264 e. The number of likely N-dealkylation sites (tertiary alicyclic amines) is 1. The first-order valence-corrected chi connectivity index (χ1v) is 26.8. The molecule has 20 heteroatoms. The molecule has 5 amide bonds. The number of carbonyl (C=O) groups is 5. The number of amides is 5. The van der Waals surface area contributed by atoms with Crippen molar-refractivity contribution in [3.63, 3.8) is 0 Å². The number of hydrogen-bond donors (Lipinski definition) is 3. The number of hydrogen-bond acceptors (Lipinski definition) is 13. The summed E-state index contributed by atoms with van der Waals surface area (Å²) in [6, 6.07) is 7.95. The number of halogens is 2. The van der Waals surface area contributed by atoms with Crippen molar-refractivity contribution in [1.82, 2.24) is 34.4 Å². The number of fused-ring (bicyclic) bond motifs is 3. The van der Waals surface area contributed by atoms with E-state index in [1.807, 2.05) is 32.2 Å². The van der Waals surface area contributed by atoms with Gasteiger partial charge >= 0.3 is 0 Å². The molecule has 0 bridgehead atoms. The molecule has 0 spiro atoms. The number of imide groups is 2. The third-order valence-electron chi connectivity index (χ3n) is 16.5. The van der Waals surface area contributed by atoms with Crippen molar-refractivity contribution in [3.8, 4) is 11.1 Å². The molecule has 2 aromatic heterocycles. The summed E-state index contributed by atoms with van der Waals surface area (Å²) in [7, 11) is 1.53. The van der Waals surface area contributed by atoms with Crippen LogP contribution in [0.5, 0.6) is 0 Å². The van der Waals surface area contributed by atoms with Crippen molar-refractivity contribution in [2.75, 3.05) is 81.7 Å². The molecule has 9 heterocycles. The number of aromatic nitrogens is 3. The number of piperidine rings is 3. The van der Waals surface area contributed by atoms with Gasteiger partial charge in [0.1, 0.15) is 11.7 Å². The number of carbonyl (C=O) groups excluding carboxylic acids is 5. The number of alkyl halides is 2. The summed E-state index contributed by atoms with van der Waals surface area (Å²) in [6.45, 7) is 11.1. The van der Waals surface area contributed by atoms with Gasteiger partial charge in [-0.2, -0.15) is 5.10 Å². The summed E-state index contributed by atoms with van der Waals surface area (Å²) >= 11 is 0. The van der Waals surface area contributed by atoms with Crippen LogP contribution < -0.4 is 26.6 Å². The molecule has 7 aliphatic heterocycles. The van der Waals surface area contributed by atoms with E-state index in [2.05, 4.69) is 29.3 Å². The van der Waals surface area contributed by atoms with Crippen molar-refractivity contribution < 1.29 is 42.2 Å². The third kappa shape index (κ3) is 9.63. The Morgan fingerprint density at radius 3 is 2.31 bits per heavy atom. The van der Waals surface area contributed by atoms with Gasteiger partial charge < -0.3 is 45.1 Å². The average Bonchev–Trinajstić information content (AvgIpc) is 4.07. The summed E-state index contributed by atoms with van der Waals surface area (Å²) in [4.78, 5) is 72.6. The van der Waals surface area contributed by atoms with Gasteiger partial charge in [-0.25, -0.2) is 8.78 Å². The second-order valence-corrected chi connectivity index (χ2v) is 20.6. The van der Waals surface area contributed by atoms with Crippen LogP contribution in [-0.4, -0.2) is 131 Å². The van der Waals surface area contributed by atoms with Gasteiger partial charge in [0.05, 0.1) is 36.5 Å². The quantitative estimate of drug-likeness (QED) is 0.0768. The van der Waals surface area contributed by atoms with E-state index in [1.54, 1.807) is 23.1 Å². The van der Waals surface area contributed by atoms with Crippen LogP contribution in [-0.2, 0) is 43.2 Å². The lowest BCUT2D eigenvalue weighted by atomic mass is 9.92. The fourth-order valence-electron chi connectivity index (χ4n) is 12.6. The zero-order valence-electron chi connectivity index (χ0n) is 43.2. The highest BCUT2D eigenvalue weighted by Crippen LogP contribution is 2.47. The Morgan fingerprint density at radius 2 is 1.61 bits per heavy atom. The minimum Gasteiger partial charge on any atom is -0.493 e. The Balaban J connectivity index is 0.00000317. The van der Waals surface area contributed by atoms with Crippen molar-refractivity contribution in [2.24, 2.45) is 11.7 Å². The molecular formula is C55H69F2N11O7. The molecular weight excluding hydrogens is 965 g/mol. The lowest BCUT2D eigenvalue weighted by molar-refractivity contribution is -0.136. The van der Waals surface area contributed by atoms with Gasteiger partial charge in [-0.15, -0.1) is 0 Å². The molecule has 11 rings (SSSR count). The maximum absolute atomic E-state index is 15.6. The number of ether oxygens (including phenoxy) is 2. The van der Waals surface area contributed by atoms with Gasteiger partial charge in [0.15, 0.2) is 11.6 Å². The van der Waals surface area contributed by atoms with Crippen LogP contribution >= 0.6 is 0 Å². The molecule has 4 aromatic rings. The minimum atomic E-state index is -2.81. The molecule has 5 N–H and O–H groups in total. The number of aryl methyl sites for hydroxylation is 1. The third-order valence-corrected chi connectivity index (χ3v) is 16.5. The van der Waals surface area contributed by atoms with Crippen molar-refractivity contribution in [3.05, 3.63) is 81.9 Å². The average molecular weight is 1030 g/mol. The maximum Gasteiger partial charge on any atom is 0.264 e. The number of nitrogens with zero attached hydrogens (tertiary/aromatic N) is 8. The fraction of sp³-hybridized carbons (Fsp3) is 0.527. The highest BCUT2D eigenvalue weighted by Gasteiger charge is 2.45. The molecule has 7 aliphatic rings. The first-order valence-electron chi connectivity index (χ1n) is 26.8. The summed E-state index contributed by atoms with van der Waals surface area (Å²) in [5, 5.41) is 7.47. The van der Waals surface area contributed by atoms with Gasteiger partial charge in [-0.1, -0.05) is 13.8 Å². The lowest BCUT2D eigenvalue weighted by Crippen LogP contribution is -2.54. The first kappa shape index (κ1) is 51.7. The molecule has 75 heavy (non-hydrogen) atoms. The normalized spacial score (nSPS) is 21.3. The Morgan fingerprint density at radius 1 is 0.867 bits per heavy atom. The second kappa shape index (κ2) is 21.8. The minimum absolute atomic E-state index is 0.000579. The van der Waals surface area contributed by atoms with Crippen LogP contribution in [0, 0.1) is 5.92 Å². The van der Waals surface area contributed by atoms with Crippen LogP contribution in [0.3, 0.4) is 0 Å². The molecule has 0 radical (unpaired) electrons. The van der Waals surface area contributed by atoms with Crippen LogP contribution in [0.2, 0.25) is 0 Å². The summed E-state index contributed by atoms with van der Waals surface area (Å²) < 4.78 is 46.8. The molecule has 400 valence electrons. The topological polar surface area (TPSA) is 207 Å². The molecule has 4 saturated heterocycles. The Hall–Kier alpha value is -6.80. The van der Waals surface area contributed by atoms with Crippen molar-refractivity contribution in [2.45, 2.75) is 116 Å². The molecule has 18 nitrogen and oxygen atoms in total. The monoisotopic (exact) mass is 1030 g/mol. The second-order valence-electron chi connectivity index (χ2n) is 20.6. The zero-order valence-corrected chi connectivity index (χ0v) is 43.2. The van der Waals surface area contributed by atoms with E-state index in [0.717, 1.165) is 117 Å². The lowest BCUT2D eigenvalue weighted by Gasteiger charge is -2.39. The summed E-state index contributed by atoms with van der Waals surface area (Å²) in [5.74, 6) is -0.536. The highest BCUT2D eigenvalue weighted by molar-refractivity contribution is 6.23. The highest BCUT2D eigenvalue weighted by atomic mass is 19.3. The molecule has 1 unspecified atom stereocenters. The molecule has 2 aromatic carbocycles. The molecule has 0 saturated carbocycles. The largest absolute Gasteiger partial charge is 0.493 e. The van der Waals surface area contributed by atoms with Crippen molar-refractivity contribution >= 4 is 58.7 Å². The van der Waals surface area contributed by atoms with Gasteiger partial charge in [0, 0.05) is 124 Å². The molecule has 1 atom stereocenters. The fourth-order valence-corrected chi connectivity index (χ4v) is 12.6. The molecule has 0 aliphatic carbocycles. The van der Waals surface area contributed by atoms with E-state index in [1.165, 1.54) is 13.3 Å². The van der Waals surface area contributed by atoms with E-state index < -0.39 is 36.1 Å². The van der Waals surface area contributed by atoms with Crippen LogP contribution in [0.4, 0.5) is 31.7 Å². The van der Waals surface area contributed by atoms with E-state index >= 15 is 8.78 Å². The molecule has 4 fully saturated rings. The number of nitrogens with one attached hydrogen (secondary N) is 1. The van der Waals surface area contributed by atoms with Gasteiger partial charge in [-0.05, 0) is 105 Å². The van der Waals surface area contributed by atoms with Crippen LogP contribution in [0.1, 0.15) is 139 Å². The SMILES string of the molecule is CC.CO/C(=C/N)c1c(N)c(-c2cc3c(cc2C(F)F)N(c2nn(C4CCOCC4)c4c2CN(C=O)CC4)CCC3)cn1C1CCN(CC2CCN(c3ccc4c(c3)C(=O)N(C3CCC(=O)NC3=O)C4=O)CC2)CC1. The number of anilines is 4. The maximum atomic E-state index is 15.6. The standard InChI is InChI=1S/C53H63F2N11O7.C2H6/c1-72-45(26-56)48-47(57)40(37-23-32-3-2-15-63(44(32)25-38(37)49(54)55)50-41-28-61(30-67)18-12-42(41)66(59-50)34-13-21-73-22-14-34)29-64(48)33-10-16-60(17-11-33)27-31-8-19-62(20-9-31)35-4-5-36-39(24-35)53(71)65(52(36)70)43-6-7-46(68)58-51(43)69;1-2/h4-5,23-26,29-31,33-34,43,49H,2-3,6-22,27-28,56-57H2,1H3,(H,58,68,69);1-2H3/b45-26+;. The van der Waals surface area contributed by atoms with E-state index in [0.29, 0.717) is 85.6 Å². The van der Waals surface area contributed by atoms with Gasteiger partial charge in [-0.3, -0.25) is 38.9 Å². The Labute approximate surface area is 435 Å². The van der Waals surface area contributed by atoms with Crippen LogP contribution in [0.25, 0.3) is 16.9 Å². The number of nitrogens with two attached hydrogens (primary N) is 2. The van der Waals surface area contributed by atoms with E-state index in [-0.39, 0.29) is 41.6 Å². The first-order chi connectivity index (χ1) is 36.4. The zero-order chi connectivity index (χ0) is 52.7. The van der Waals surface area contributed by atoms with Gasteiger partial charge in [0.2, 0.25) is 18.2 Å². The van der Waals surface area contributed by atoms with Crippen molar-refractivity contribution in [1.29, 1.82) is 0 Å². The number of methoxy groups -OCH3 is 1. The number of rotatable bonds is 12.